The minimum atomic E-state index is -0.223. The third kappa shape index (κ3) is 5.09. The first-order chi connectivity index (χ1) is 14.1. The molecule has 0 aromatic heterocycles. The van der Waals surface area contributed by atoms with Gasteiger partial charge in [0.2, 0.25) is 0 Å². The van der Waals surface area contributed by atoms with Crippen LogP contribution in [0.3, 0.4) is 0 Å². The Hall–Kier alpha value is -1.67. The molecule has 1 N–H and O–H groups in total. The van der Waals surface area contributed by atoms with Crippen LogP contribution in [-0.2, 0) is 18.5 Å². The molecule has 0 radical (unpaired) electrons. The van der Waals surface area contributed by atoms with Crippen LogP contribution in [0.1, 0.15) is 81.4 Å². The lowest BCUT2D eigenvalue weighted by Gasteiger charge is -2.39. The van der Waals surface area contributed by atoms with E-state index in [0.29, 0.717) is 0 Å². The zero-order chi connectivity index (χ0) is 20.1. The van der Waals surface area contributed by atoms with E-state index in [1.807, 2.05) is 12.1 Å². The fraction of sp³-hybridized carbons (Fsp3) is 0.556. The van der Waals surface area contributed by atoms with Gasteiger partial charge in [-0.05, 0) is 61.1 Å². The largest absolute Gasteiger partial charge is 0.303 e. The molecule has 0 heterocycles. The molecule has 29 heavy (non-hydrogen) atoms. The van der Waals surface area contributed by atoms with Crippen LogP contribution in [0.15, 0.2) is 48.5 Å². The number of hydrogen-bond acceptors (Lipinski definition) is 1. The highest BCUT2D eigenvalue weighted by Crippen LogP contribution is 2.38. The SMILES string of the molecule is CC1CCC(Cc2cccc(CNC3(c4ccccc4F)CCCCC3)c2)CC1. The van der Waals surface area contributed by atoms with Gasteiger partial charge in [-0.15, -0.1) is 0 Å². The molecule has 0 bridgehead atoms. The Balaban J connectivity index is 1.45. The van der Waals surface area contributed by atoms with E-state index < -0.39 is 0 Å². The quantitative estimate of drug-likeness (QED) is 0.550. The molecule has 1 nitrogen and oxygen atoms in total. The summed E-state index contributed by atoms with van der Waals surface area (Å²) in [5.74, 6) is 1.69. The molecule has 2 aliphatic rings. The highest BCUT2D eigenvalue weighted by molar-refractivity contribution is 5.29. The average Bonchev–Trinajstić information content (AvgIpc) is 2.75. The summed E-state index contributed by atoms with van der Waals surface area (Å²) < 4.78 is 14.7. The Morgan fingerprint density at radius 2 is 1.62 bits per heavy atom. The first-order valence-corrected chi connectivity index (χ1v) is 11.7. The van der Waals surface area contributed by atoms with E-state index in [1.54, 1.807) is 12.1 Å². The average molecular weight is 394 g/mol. The molecule has 2 heteroatoms. The van der Waals surface area contributed by atoms with Crippen LogP contribution >= 0.6 is 0 Å². The zero-order valence-corrected chi connectivity index (χ0v) is 17.9. The molecule has 0 amide bonds. The van der Waals surface area contributed by atoms with Gasteiger partial charge in [-0.2, -0.15) is 0 Å². The number of benzene rings is 2. The van der Waals surface area contributed by atoms with Gasteiger partial charge in [-0.3, -0.25) is 0 Å². The van der Waals surface area contributed by atoms with Crippen molar-refractivity contribution in [1.29, 1.82) is 0 Å². The molecular formula is C27H36FN. The van der Waals surface area contributed by atoms with E-state index in [1.165, 1.54) is 62.5 Å². The maximum Gasteiger partial charge on any atom is 0.128 e. The Bertz CT molecular complexity index is 785. The van der Waals surface area contributed by atoms with Crippen LogP contribution < -0.4 is 5.32 Å². The Kier molecular flexibility index (Phi) is 6.70. The third-order valence-electron chi connectivity index (χ3n) is 7.38. The van der Waals surface area contributed by atoms with E-state index in [4.69, 9.17) is 0 Å². The van der Waals surface area contributed by atoms with E-state index >= 15 is 0 Å². The Labute approximate surface area is 176 Å². The number of hydrogen-bond donors (Lipinski definition) is 1. The summed E-state index contributed by atoms with van der Waals surface area (Å²) in [5, 5.41) is 3.81. The van der Waals surface area contributed by atoms with E-state index in [9.17, 15) is 4.39 Å². The number of halogens is 1. The highest BCUT2D eigenvalue weighted by atomic mass is 19.1. The summed E-state index contributed by atoms with van der Waals surface area (Å²) in [6.45, 7) is 3.20. The first-order valence-electron chi connectivity index (χ1n) is 11.7. The Morgan fingerprint density at radius 3 is 2.38 bits per heavy atom. The molecule has 0 saturated heterocycles. The van der Waals surface area contributed by atoms with Crippen LogP contribution in [0.2, 0.25) is 0 Å². The van der Waals surface area contributed by atoms with Gasteiger partial charge >= 0.3 is 0 Å². The maximum absolute atomic E-state index is 14.7. The maximum atomic E-state index is 14.7. The highest BCUT2D eigenvalue weighted by Gasteiger charge is 2.35. The predicted molar refractivity (Wildman–Crippen MR) is 119 cm³/mol. The molecule has 2 saturated carbocycles. The topological polar surface area (TPSA) is 12.0 Å². The smallest absolute Gasteiger partial charge is 0.128 e. The molecule has 4 rings (SSSR count). The summed E-state index contributed by atoms with van der Waals surface area (Å²) in [4.78, 5) is 0. The van der Waals surface area contributed by atoms with Crippen molar-refractivity contribution in [2.24, 2.45) is 11.8 Å². The number of nitrogens with one attached hydrogen (secondary N) is 1. The van der Waals surface area contributed by atoms with Crippen molar-refractivity contribution in [1.82, 2.24) is 5.32 Å². The molecule has 0 atom stereocenters. The van der Waals surface area contributed by atoms with Crippen LogP contribution in [0.4, 0.5) is 4.39 Å². The van der Waals surface area contributed by atoms with Gasteiger partial charge in [0, 0.05) is 17.6 Å². The van der Waals surface area contributed by atoms with Crippen molar-refractivity contribution in [2.75, 3.05) is 0 Å². The second kappa shape index (κ2) is 9.43. The van der Waals surface area contributed by atoms with Gasteiger partial charge in [0.1, 0.15) is 5.82 Å². The van der Waals surface area contributed by atoms with E-state index in [0.717, 1.165) is 36.8 Å². The van der Waals surface area contributed by atoms with Gasteiger partial charge < -0.3 is 5.32 Å². The molecule has 0 unspecified atom stereocenters. The van der Waals surface area contributed by atoms with Crippen LogP contribution in [-0.4, -0.2) is 0 Å². The van der Waals surface area contributed by atoms with Crippen molar-refractivity contribution in [3.05, 3.63) is 71.0 Å². The monoisotopic (exact) mass is 393 g/mol. The summed E-state index contributed by atoms with van der Waals surface area (Å²) in [6, 6.07) is 16.4. The van der Waals surface area contributed by atoms with Gasteiger partial charge in [0.25, 0.3) is 0 Å². The first kappa shape index (κ1) is 20.6. The van der Waals surface area contributed by atoms with Crippen LogP contribution in [0, 0.1) is 17.7 Å². The molecular weight excluding hydrogens is 357 g/mol. The minimum absolute atomic E-state index is 0.0674. The van der Waals surface area contributed by atoms with Crippen molar-refractivity contribution in [2.45, 2.75) is 83.2 Å². The lowest BCUT2D eigenvalue weighted by Crippen LogP contribution is -2.44. The molecule has 2 aromatic carbocycles. The van der Waals surface area contributed by atoms with E-state index in [2.05, 4.69) is 36.5 Å². The van der Waals surface area contributed by atoms with E-state index in [-0.39, 0.29) is 11.4 Å². The lowest BCUT2D eigenvalue weighted by molar-refractivity contribution is 0.224. The van der Waals surface area contributed by atoms with Crippen molar-refractivity contribution >= 4 is 0 Å². The molecule has 0 aliphatic heterocycles. The Morgan fingerprint density at radius 1 is 0.897 bits per heavy atom. The fourth-order valence-electron chi connectivity index (χ4n) is 5.55. The van der Waals surface area contributed by atoms with Crippen LogP contribution in [0.25, 0.3) is 0 Å². The zero-order valence-electron chi connectivity index (χ0n) is 17.9. The number of rotatable bonds is 6. The lowest BCUT2D eigenvalue weighted by atomic mass is 9.76. The normalized spacial score (nSPS) is 24.3. The van der Waals surface area contributed by atoms with Gasteiger partial charge in [0.05, 0.1) is 0 Å². The molecule has 156 valence electrons. The van der Waals surface area contributed by atoms with Crippen molar-refractivity contribution < 1.29 is 4.39 Å². The van der Waals surface area contributed by atoms with Gasteiger partial charge in [0.15, 0.2) is 0 Å². The summed E-state index contributed by atoms with van der Waals surface area (Å²) >= 11 is 0. The predicted octanol–water partition coefficient (Wildman–Crippen LogP) is 7.14. The molecule has 0 spiro atoms. The van der Waals surface area contributed by atoms with Gasteiger partial charge in [-0.25, -0.2) is 4.39 Å². The molecule has 2 aromatic rings. The fourth-order valence-corrected chi connectivity index (χ4v) is 5.55. The summed E-state index contributed by atoms with van der Waals surface area (Å²) in [6.07, 6.45) is 12.4. The van der Waals surface area contributed by atoms with Crippen molar-refractivity contribution in [3.63, 3.8) is 0 Å². The summed E-state index contributed by atoms with van der Waals surface area (Å²) in [5.41, 5.74) is 3.42. The second-order valence-corrected chi connectivity index (χ2v) is 9.63. The summed E-state index contributed by atoms with van der Waals surface area (Å²) in [7, 11) is 0. The second-order valence-electron chi connectivity index (χ2n) is 9.63. The van der Waals surface area contributed by atoms with Crippen LogP contribution in [0.5, 0.6) is 0 Å². The minimum Gasteiger partial charge on any atom is -0.303 e. The van der Waals surface area contributed by atoms with Crippen molar-refractivity contribution in [3.8, 4) is 0 Å². The molecule has 2 fully saturated rings. The standard InChI is InChI=1S/C27H36FN/c1-21-12-14-22(15-13-21)18-23-8-7-9-24(19-23)20-29-27(16-5-2-6-17-27)25-10-3-4-11-26(25)28/h3-4,7-11,19,21-22,29H,2,5-6,12-18,20H2,1H3. The van der Waals surface area contributed by atoms with Gasteiger partial charge in [-0.1, -0.05) is 81.5 Å². The third-order valence-corrected chi connectivity index (χ3v) is 7.38. The molecule has 2 aliphatic carbocycles.